The third-order valence-electron chi connectivity index (χ3n) is 4.78. The van der Waals surface area contributed by atoms with Crippen LogP contribution in [0.4, 0.5) is 17.6 Å². The molecule has 166 valence electrons. The fourth-order valence-corrected chi connectivity index (χ4v) is 3.27. The summed E-state index contributed by atoms with van der Waals surface area (Å²) in [6.07, 6.45) is -4.59. The van der Waals surface area contributed by atoms with Crippen LogP contribution in [-0.4, -0.2) is 24.4 Å². The molecule has 0 radical (unpaired) electrons. The van der Waals surface area contributed by atoms with Gasteiger partial charge in [-0.2, -0.15) is 13.2 Å². The van der Waals surface area contributed by atoms with E-state index in [9.17, 15) is 17.6 Å². The molecular formula is C20H22ClF4NO2S2. The van der Waals surface area contributed by atoms with Gasteiger partial charge < -0.3 is 9.47 Å². The summed E-state index contributed by atoms with van der Waals surface area (Å²) in [5.74, 6) is -0.235. The molecule has 2 aromatic rings. The molecule has 3 nitrogen and oxygen atoms in total. The number of benzene rings is 1. The predicted octanol–water partition coefficient (Wildman–Crippen LogP) is 6.79. The number of fused-ring (bicyclic) bond motifs is 1. The maximum Gasteiger partial charge on any atom is 0.425 e. The van der Waals surface area contributed by atoms with Crippen LogP contribution in [0, 0.1) is 5.82 Å². The number of halogens is 5. The average Bonchev–Trinajstić information content (AvgIpc) is 3.48. The number of hydrogen-bond acceptors (Lipinski definition) is 5. The van der Waals surface area contributed by atoms with Crippen LogP contribution in [0.1, 0.15) is 39.0 Å². The van der Waals surface area contributed by atoms with Crippen LogP contribution in [0.25, 0.3) is 11.3 Å². The van der Waals surface area contributed by atoms with Crippen molar-refractivity contribution in [1.29, 1.82) is 0 Å². The first-order valence-corrected chi connectivity index (χ1v) is 11.1. The van der Waals surface area contributed by atoms with Gasteiger partial charge in [0.15, 0.2) is 0 Å². The van der Waals surface area contributed by atoms with E-state index in [-0.39, 0.29) is 16.4 Å². The van der Waals surface area contributed by atoms with Gasteiger partial charge in [-0.05, 0) is 24.3 Å². The van der Waals surface area contributed by atoms with Crippen LogP contribution in [0.5, 0.6) is 5.75 Å². The van der Waals surface area contributed by atoms with Gasteiger partial charge in [0, 0.05) is 16.5 Å². The van der Waals surface area contributed by atoms with E-state index in [1.807, 2.05) is 27.7 Å². The lowest BCUT2D eigenvalue weighted by Gasteiger charge is -2.20. The first-order chi connectivity index (χ1) is 14.1. The number of nitrogens with zero attached hydrogens (tertiary/aromatic N) is 1. The van der Waals surface area contributed by atoms with Crippen molar-refractivity contribution in [1.82, 2.24) is 4.98 Å². The zero-order chi connectivity index (χ0) is 22.9. The molecule has 10 heteroatoms. The topological polar surface area (TPSA) is 34.6 Å². The molecule has 1 saturated heterocycles. The summed E-state index contributed by atoms with van der Waals surface area (Å²) in [7, 11) is 0. The minimum Gasteiger partial charge on any atom is -0.490 e. The van der Waals surface area contributed by atoms with Crippen LogP contribution in [-0.2, 0) is 15.8 Å². The standard InChI is InChI=1S/C18H14ClF4NO2.C2H6.H2S2/c1-16(2)7-25-15-10(16)6-13(17(8-26-17)18(21,22)23)24-14(15)9-3-4-12(20)11(19)5-9;2*1-2/h3-6H,7-8H2,1-2H3;1-2H3;1-2H. The number of epoxide rings is 1. The molecule has 1 aromatic carbocycles. The molecule has 1 fully saturated rings. The van der Waals surface area contributed by atoms with E-state index >= 15 is 0 Å². The molecular weight excluding hydrogens is 462 g/mol. The zero-order valence-corrected chi connectivity index (χ0v) is 19.3. The Kier molecular flexibility index (Phi) is 7.65. The van der Waals surface area contributed by atoms with Crippen molar-refractivity contribution in [3.05, 3.63) is 46.4 Å². The van der Waals surface area contributed by atoms with Crippen LogP contribution in [0.15, 0.2) is 24.3 Å². The average molecular weight is 484 g/mol. The van der Waals surface area contributed by atoms with Gasteiger partial charge in [-0.15, -0.1) is 23.3 Å². The van der Waals surface area contributed by atoms with Gasteiger partial charge >= 0.3 is 6.18 Å². The maximum atomic E-state index is 13.5. The van der Waals surface area contributed by atoms with E-state index < -0.39 is 29.6 Å². The Balaban J connectivity index is 0.000000757. The highest BCUT2D eigenvalue weighted by molar-refractivity contribution is 8.59. The first-order valence-electron chi connectivity index (χ1n) is 9.10. The monoisotopic (exact) mass is 483 g/mol. The molecule has 0 spiro atoms. The highest BCUT2D eigenvalue weighted by Crippen LogP contribution is 2.54. The number of alkyl halides is 3. The minimum atomic E-state index is -4.59. The van der Waals surface area contributed by atoms with Crippen molar-refractivity contribution in [3.8, 4) is 17.0 Å². The lowest BCUT2D eigenvalue weighted by Crippen LogP contribution is -2.32. The Morgan fingerprint density at radius 2 is 1.70 bits per heavy atom. The third-order valence-corrected chi connectivity index (χ3v) is 5.07. The summed E-state index contributed by atoms with van der Waals surface area (Å²) in [6.45, 7) is 7.57. The summed E-state index contributed by atoms with van der Waals surface area (Å²) in [6, 6.07) is 5.28. The fourth-order valence-electron chi connectivity index (χ4n) is 3.09. The minimum absolute atomic E-state index is 0.145. The fraction of sp³-hybridized carbons (Fsp3) is 0.450. The smallest absolute Gasteiger partial charge is 0.425 e. The number of rotatable bonds is 2. The van der Waals surface area contributed by atoms with E-state index in [2.05, 4.69) is 28.3 Å². The van der Waals surface area contributed by atoms with Crippen LogP contribution in [0.3, 0.4) is 0 Å². The van der Waals surface area contributed by atoms with Gasteiger partial charge in [0.25, 0.3) is 0 Å². The summed E-state index contributed by atoms with van der Waals surface area (Å²) in [5, 5.41) is -0.145. The van der Waals surface area contributed by atoms with Crippen molar-refractivity contribution < 1.29 is 27.0 Å². The summed E-state index contributed by atoms with van der Waals surface area (Å²) in [5.41, 5.74) is -1.93. The van der Waals surface area contributed by atoms with Gasteiger partial charge in [0.1, 0.15) is 17.3 Å². The Morgan fingerprint density at radius 3 is 2.20 bits per heavy atom. The molecule has 0 N–H and O–H groups in total. The maximum absolute atomic E-state index is 13.5. The van der Waals surface area contributed by atoms with E-state index in [1.165, 1.54) is 18.2 Å². The van der Waals surface area contributed by atoms with Gasteiger partial charge in [-0.1, -0.05) is 39.3 Å². The number of pyridine rings is 1. The lowest BCUT2D eigenvalue weighted by molar-refractivity contribution is -0.188. The number of ether oxygens (including phenoxy) is 2. The first kappa shape index (κ1) is 25.1. The van der Waals surface area contributed by atoms with Crippen LogP contribution in [0.2, 0.25) is 5.02 Å². The summed E-state index contributed by atoms with van der Waals surface area (Å²) < 4.78 is 64.5. The number of aromatic nitrogens is 1. The van der Waals surface area contributed by atoms with Gasteiger partial charge in [0.2, 0.25) is 5.60 Å². The quantitative estimate of drug-likeness (QED) is 0.214. The van der Waals surface area contributed by atoms with E-state index in [0.29, 0.717) is 23.5 Å². The number of hydrogen-bond donors (Lipinski definition) is 2. The molecule has 0 saturated carbocycles. The molecule has 2 aliphatic rings. The molecule has 2 aliphatic heterocycles. The van der Waals surface area contributed by atoms with Gasteiger partial charge in [-0.25, -0.2) is 9.37 Å². The Bertz CT molecular complexity index is 918. The summed E-state index contributed by atoms with van der Waals surface area (Å²) >= 11 is 12.3. The van der Waals surface area contributed by atoms with Gasteiger partial charge in [0.05, 0.1) is 23.9 Å². The SMILES string of the molecule is CC.CC1(C)COc2c1cc(C1(C(F)(F)F)CO1)nc2-c1ccc(F)c(Cl)c1.SS. The second kappa shape index (κ2) is 9.14. The van der Waals surface area contributed by atoms with Crippen LogP contribution >= 0.6 is 34.9 Å². The zero-order valence-electron chi connectivity index (χ0n) is 16.8. The highest BCUT2D eigenvalue weighted by Gasteiger charge is 2.68. The van der Waals surface area contributed by atoms with E-state index in [4.69, 9.17) is 21.1 Å². The third kappa shape index (κ3) is 4.40. The number of thiol groups is 2. The second-order valence-corrected chi connectivity index (χ2v) is 7.55. The molecule has 0 bridgehead atoms. The largest absolute Gasteiger partial charge is 0.490 e. The Hall–Kier alpha value is -1.16. The lowest BCUT2D eigenvalue weighted by atomic mass is 9.85. The van der Waals surface area contributed by atoms with Crippen molar-refractivity contribution in [2.24, 2.45) is 0 Å². The molecule has 4 rings (SSSR count). The summed E-state index contributed by atoms with van der Waals surface area (Å²) in [4.78, 5) is 4.20. The predicted molar refractivity (Wildman–Crippen MR) is 116 cm³/mol. The Labute approximate surface area is 188 Å². The molecule has 1 aromatic heterocycles. The van der Waals surface area contributed by atoms with Crippen LogP contribution < -0.4 is 4.74 Å². The molecule has 1 unspecified atom stereocenters. The van der Waals surface area contributed by atoms with Crippen molar-refractivity contribution in [2.75, 3.05) is 13.2 Å². The molecule has 3 heterocycles. The molecule has 30 heavy (non-hydrogen) atoms. The molecule has 0 amide bonds. The van der Waals surface area contributed by atoms with Crippen molar-refractivity contribution >= 4 is 34.9 Å². The molecule has 0 aliphatic carbocycles. The van der Waals surface area contributed by atoms with E-state index in [0.717, 1.165) is 6.07 Å². The van der Waals surface area contributed by atoms with Crippen molar-refractivity contribution in [3.63, 3.8) is 0 Å². The second-order valence-electron chi connectivity index (χ2n) is 7.15. The van der Waals surface area contributed by atoms with Gasteiger partial charge in [-0.3, -0.25) is 0 Å². The molecule has 1 atom stereocenters. The highest BCUT2D eigenvalue weighted by atomic mass is 35.5. The van der Waals surface area contributed by atoms with E-state index in [1.54, 1.807) is 0 Å². The van der Waals surface area contributed by atoms with Crippen molar-refractivity contribution in [2.45, 2.75) is 44.9 Å². The normalized spacial score (nSPS) is 20.8. The Morgan fingerprint density at radius 1 is 1.10 bits per heavy atom.